The summed E-state index contributed by atoms with van der Waals surface area (Å²) in [4.78, 5) is 33.2. The zero-order valence-corrected chi connectivity index (χ0v) is 17.1. The molecule has 0 saturated heterocycles. The van der Waals surface area contributed by atoms with E-state index in [0.29, 0.717) is 6.42 Å². The van der Waals surface area contributed by atoms with E-state index < -0.39 is 42.0 Å². The average molecular weight is 400 g/mol. The zero-order chi connectivity index (χ0) is 21.3. The Morgan fingerprint density at radius 1 is 0.714 bits per heavy atom. The quantitative estimate of drug-likeness (QED) is 0.185. The number of carboxylic acid groups (broad SMARTS) is 3. The van der Waals surface area contributed by atoms with Crippen LogP contribution in [-0.4, -0.2) is 58.8 Å². The number of nitrogens with zero attached hydrogens (tertiary/aromatic N) is 1. The van der Waals surface area contributed by atoms with Gasteiger partial charge in [0.15, 0.2) is 13.1 Å². The molecule has 0 saturated carbocycles. The lowest BCUT2D eigenvalue weighted by Crippen LogP contribution is -2.59. The van der Waals surface area contributed by atoms with Gasteiger partial charge in [-0.2, -0.15) is 0 Å². The lowest BCUT2D eigenvalue weighted by atomic mass is 10.0. The van der Waals surface area contributed by atoms with Crippen molar-refractivity contribution in [3.63, 3.8) is 0 Å². The van der Waals surface area contributed by atoms with Crippen LogP contribution in [0.1, 0.15) is 77.0 Å². The molecule has 0 aromatic rings. The molecule has 0 heterocycles. The van der Waals surface area contributed by atoms with Crippen LogP contribution < -0.4 is 5.11 Å². The van der Waals surface area contributed by atoms with Crippen molar-refractivity contribution in [2.75, 3.05) is 26.2 Å². The Morgan fingerprint density at radius 3 is 1.46 bits per heavy atom. The summed E-state index contributed by atoms with van der Waals surface area (Å²) in [5.74, 6) is -3.83. The number of hydrogen-bond acceptors (Lipinski definition) is 4. The summed E-state index contributed by atoms with van der Waals surface area (Å²) in [6, 6.07) is 0. The Morgan fingerprint density at radius 2 is 1.11 bits per heavy atom. The first-order chi connectivity index (χ1) is 13.3. The minimum atomic E-state index is -1.42. The van der Waals surface area contributed by atoms with Gasteiger partial charge in [0.05, 0.1) is 12.5 Å². The van der Waals surface area contributed by atoms with Crippen molar-refractivity contribution in [2.24, 2.45) is 0 Å². The lowest BCUT2D eigenvalue weighted by molar-refractivity contribution is -0.909. The van der Waals surface area contributed by atoms with Crippen LogP contribution in [-0.2, 0) is 14.4 Å². The van der Waals surface area contributed by atoms with Gasteiger partial charge in [-0.1, -0.05) is 57.4 Å². The molecule has 0 aromatic heterocycles. The topological polar surface area (TPSA) is 115 Å². The van der Waals surface area contributed by atoms with Gasteiger partial charge in [0.25, 0.3) is 0 Å². The van der Waals surface area contributed by atoms with Crippen molar-refractivity contribution in [3.05, 3.63) is 12.7 Å². The van der Waals surface area contributed by atoms with Crippen molar-refractivity contribution in [3.8, 4) is 0 Å². The van der Waals surface area contributed by atoms with Crippen molar-refractivity contribution in [2.45, 2.75) is 77.0 Å². The van der Waals surface area contributed by atoms with E-state index >= 15 is 0 Å². The molecule has 0 fully saturated rings. The average Bonchev–Trinajstić information content (AvgIpc) is 2.57. The SMILES string of the molecule is C=CCCCCCCCCCCCCC[N+](CC(=O)[O-])(CC(=O)O)CC(=O)O. The third kappa shape index (κ3) is 15.2. The van der Waals surface area contributed by atoms with Crippen molar-refractivity contribution < 1.29 is 34.2 Å². The number of unbranched alkanes of at least 4 members (excludes halogenated alkanes) is 11. The Bertz CT molecular complexity index is 437. The molecular formula is C21H37NO6. The monoisotopic (exact) mass is 399 g/mol. The van der Waals surface area contributed by atoms with E-state index in [-0.39, 0.29) is 6.54 Å². The summed E-state index contributed by atoms with van der Waals surface area (Å²) in [6.45, 7) is 2.30. The van der Waals surface area contributed by atoms with Gasteiger partial charge in [-0.15, -0.1) is 6.58 Å². The molecule has 7 nitrogen and oxygen atoms in total. The van der Waals surface area contributed by atoms with E-state index in [4.69, 9.17) is 10.2 Å². The molecule has 0 spiro atoms. The number of aliphatic carboxylic acids is 3. The summed E-state index contributed by atoms with van der Waals surface area (Å²) < 4.78 is -0.501. The molecule has 0 amide bonds. The number of allylic oxidation sites excluding steroid dienone is 1. The predicted octanol–water partition coefficient (Wildman–Crippen LogP) is 2.59. The Hall–Kier alpha value is -1.89. The first-order valence-corrected chi connectivity index (χ1v) is 10.4. The highest BCUT2D eigenvalue weighted by molar-refractivity contribution is 5.72. The van der Waals surface area contributed by atoms with Gasteiger partial charge in [-0.3, -0.25) is 0 Å². The smallest absolute Gasteiger partial charge is 0.359 e. The van der Waals surface area contributed by atoms with Gasteiger partial charge in [-0.05, 0) is 25.7 Å². The molecule has 28 heavy (non-hydrogen) atoms. The molecule has 0 rings (SSSR count). The van der Waals surface area contributed by atoms with Crippen LogP contribution in [0.2, 0.25) is 0 Å². The second-order valence-corrected chi connectivity index (χ2v) is 7.67. The number of rotatable bonds is 20. The van der Waals surface area contributed by atoms with Crippen LogP contribution in [0, 0.1) is 0 Å². The minimum Gasteiger partial charge on any atom is -0.544 e. The fourth-order valence-corrected chi connectivity index (χ4v) is 3.58. The van der Waals surface area contributed by atoms with E-state index in [1.165, 1.54) is 38.5 Å². The number of hydrogen-bond donors (Lipinski definition) is 2. The molecule has 0 aliphatic carbocycles. The molecule has 0 aromatic carbocycles. The molecule has 0 atom stereocenters. The minimum absolute atomic E-state index is 0.220. The summed E-state index contributed by atoms with van der Waals surface area (Å²) in [5.41, 5.74) is 0. The highest BCUT2D eigenvalue weighted by Crippen LogP contribution is 2.14. The number of carboxylic acids is 3. The number of quaternary nitrogens is 1. The lowest BCUT2D eigenvalue weighted by Gasteiger charge is -2.36. The molecule has 2 N–H and O–H groups in total. The van der Waals surface area contributed by atoms with Gasteiger partial charge in [0.2, 0.25) is 0 Å². The van der Waals surface area contributed by atoms with Crippen LogP contribution in [0.5, 0.6) is 0 Å². The molecule has 0 aliphatic rings. The van der Waals surface area contributed by atoms with Crippen LogP contribution in [0.3, 0.4) is 0 Å². The summed E-state index contributed by atoms with van der Waals surface area (Å²) >= 11 is 0. The van der Waals surface area contributed by atoms with Crippen molar-refractivity contribution in [1.82, 2.24) is 0 Å². The third-order valence-corrected chi connectivity index (χ3v) is 4.95. The molecule has 0 aliphatic heterocycles. The van der Waals surface area contributed by atoms with Crippen molar-refractivity contribution in [1.29, 1.82) is 0 Å². The van der Waals surface area contributed by atoms with Gasteiger partial charge >= 0.3 is 11.9 Å². The maximum absolute atomic E-state index is 11.1. The second kappa shape index (κ2) is 16.1. The summed E-state index contributed by atoms with van der Waals surface area (Å²) in [5, 5.41) is 29.1. The van der Waals surface area contributed by atoms with Crippen LogP contribution in [0.15, 0.2) is 12.7 Å². The molecular weight excluding hydrogens is 362 g/mol. The summed E-state index contributed by atoms with van der Waals surface area (Å²) in [6.07, 6.45) is 15.3. The van der Waals surface area contributed by atoms with Crippen LogP contribution in [0.4, 0.5) is 0 Å². The van der Waals surface area contributed by atoms with Gasteiger partial charge in [0.1, 0.15) is 6.54 Å². The van der Waals surface area contributed by atoms with E-state index in [0.717, 1.165) is 32.1 Å². The fourth-order valence-electron chi connectivity index (χ4n) is 3.58. The summed E-state index contributed by atoms with van der Waals surface area (Å²) in [7, 11) is 0. The molecule has 0 radical (unpaired) electrons. The van der Waals surface area contributed by atoms with Gasteiger partial charge in [0, 0.05) is 0 Å². The molecule has 0 bridgehead atoms. The first-order valence-electron chi connectivity index (χ1n) is 10.4. The fraction of sp³-hybridized carbons (Fsp3) is 0.762. The zero-order valence-electron chi connectivity index (χ0n) is 17.1. The van der Waals surface area contributed by atoms with Crippen molar-refractivity contribution >= 4 is 17.9 Å². The van der Waals surface area contributed by atoms with E-state index in [9.17, 15) is 19.5 Å². The van der Waals surface area contributed by atoms with E-state index in [1.807, 2.05) is 6.08 Å². The van der Waals surface area contributed by atoms with Gasteiger partial charge in [-0.25, -0.2) is 9.59 Å². The largest absolute Gasteiger partial charge is 0.544 e. The Balaban J connectivity index is 4.00. The standard InChI is InChI=1S/C21H37NO6/c1-2-3-4-5-6-7-8-9-10-11-12-13-14-15-22(16-19(23)24,17-20(25)26)18-21(27)28/h2H,1,3-18H2,(H2-,23,24,25,26,27,28). The highest BCUT2D eigenvalue weighted by Gasteiger charge is 2.33. The Kier molecular flexibility index (Phi) is 15.0. The number of carbonyl (C=O) groups is 3. The van der Waals surface area contributed by atoms with E-state index in [1.54, 1.807) is 0 Å². The second-order valence-electron chi connectivity index (χ2n) is 7.67. The molecule has 0 unspecified atom stereocenters. The third-order valence-electron chi connectivity index (χ3n) is 4.95. The number of carbonyl (C=O) groups excluding carboxylic acids is 1. The molecule has 7 heteroatoms. The predicted molar refractivity (Wildman–Crippen MR) is 106 cm³/mol. The maximum atomic E-state index is 11.1. The van der Waals surface area contributed by atoms with Crippen LogP contribution >= 0.6 is 0 Å². The Labute approximate surface area is 168 Å². The van der Waals surface area contributed by atoms with Crippen LogP contribution in [0.25, 0.3) is 0 Å². The van der Waals surface area contributed by atoms with Gasteiger partial charge < -0.3 is 24.6 Å². The molecule has 162 valence electrons. The first kappa shape index (κ1) is 26.1. The highest BCUT2D eigenvalue weighted by atomic mass is 16.4. The maximum Gasteiger partial charge on any atom is 0.359 e. The van der Waals surface area contributed by atoms with E-state index in [2.05, 4.69) is 6.58 Å². The normalized spacial score (nSPS) is 11.3.